The summed E-state index contributed by atoms with van der Waals surface area (Å²) < 4.78 is 6.83. The first-order valence-electron chi connectivity index (χ1n) is 22.7. The van der Waals surface area contributed by atoms with Gasteiger partial charge in [-0.3, -0.25) is 0 Å². The molecule has 1 aromatic heterocycles. The summed E-state index contributed by atoms with van der Waals surface area (Å²) in [6.07, 6.45) is 0. The Labute approximate surface area is 382 Å². The molecule has 0 saturated heterocycles. The molecule has 0 unspecified atom stereocenters. The molecule has 0 aliphatic carbocycles. The highest BCUT2D eigenvalue weighted by Crippen LogP contribution is 2.46. The zero-order valence-electron chi connectivity index (χ0n) is 36.0. The first-order chi connectivity index (χ1) is 32.7. The van der Waals surface area contributed by atoms with Gasteiger partial charge in [-0.15, -0.1) is 0 Å². The number of anilines is 3. The lowest BCUT2D eigenvalue weighted by atomic mass is 9.93. The number of para-hydroxylation sites is 2. The predicted octanol–water partition coefficient (Wildman–Crippen LogP) is 18.3. The van der Waals surface area contributed by atoms with Crippen molar-refractivity contribution in [2.45, 2.75) is 0 Å². The lowest BCUT2D eigenvalue weighted by Crippen LogP contribution is -2.11. The number of rotatable bonds is 7. The quantitative estimate of drug-likeness (QED) is 0.149. The third-order valence-corrected chi connectivity index (χ3v) is 13.4. The van der Waals surface area contributed by atoms with Crippen LogP contribution in [0.15, 0.2) is 253 Å². The van der Waals surface area contributed by atoms with E-state index in [1.54, 1.807) is 0 Å². The van der Waals surface area contributed by atoms with Gasteiger partial charge in [-0.25, -0.2) is 0 Å². The van der Waals surface area contributed by atoms with E-state index in [1.165, 1.54) is 70.9 Å². The van der Waals surface area contributed by atoms with Gasteiger partial charge in [-0.2, -0.15) is 0 Å². The van der Waals surface area contributed by atoms with Gasteiger partial charge in [0.05, 0.1) is 5.69 Å². The maximum Gasteiger partial charge on any atom is 0.143 e. The Morgan fingerprint density at radius 2 is 0.803 bits per heavy atom. The fraction of sp³-hybridized carbons (Fsp3) is 0. The van der Waals surface area contributed by atoms with Crippen LogP contribution in [0, 0.1) is 0 Å². The van der Waals surface area contributed by atoms with Crippen LogP contribution in [-0.2, 0) is 0 Å². The van der Waals surface area contributed by atoms with Crippen molar-refractivity contribution in [3.63, 3.8) is 0 Å². The minimum atomic E-state index is 0.884. The summed E-state index contributed by atoms with van der Waals surface area (Å²) in [5.74, 6) is 0. The highest BCUT2D eigenvalue weighted by molar-refractivity contribution is 6.15. The number of hydrogen-bond donors (Lipinski definition) is 0. The normalized spacial score (nSPS) is 11.6. The Morgan fingerprint density at radius 3 is 1.61 bits per heavy atom. The molecular weight excluding hydrogens is 799 g/mol. The number of nitrogens with zero attached hydrogens (tertiary/aromatic N) is 1. The largest absolute Gasteiger partial charge is 0.455 e. The number of hydrogen-bond acceptors (Lipinski definition) is 2. The summed E-state index contributed by atoms with van der Waals surface area (Å²) in [5, 5.41) is 12.1. The minimum absolute atomic E-state index is 0.884. The van der Waals surface area contributed by atoms with Crippen LogP contribution >= 0.6 is 0 Å². The van der Waals surface area contributed by atoms with Crippen molar-refractivity contribution in [2.24, 2.45) is 0 Å². The van der Waals surface area contributed by atoms with E-state index < -0.39 is 0 Å². The van der Waals surface area contributed by atoms with Crippen LogP contribution in [0.2, 0.25) is 0 Å². The second-order valence-corrected chi connectivity index (χ2v) is 17.2. The van der Waals surface area contributed by atoms with Gasteiger partial charge in [-0.1, -0.05) is 194 Å². The van der Waals surface area contributed by atoms with Crippen molar-refractivity contribution in [1.29, 1.82) is 0 Å². The SMILES string of the molecule is c1cc(-c2ccc(N(c3ccc(-c4cc5ccccc5c5ccccc45)cc3)c3ccccc3-c3cccc4c3oc3cc5ccccc5cc34)cc2)cc(-c2cccc3ccccc23)c1. The van der Waals surface area contributed by atoms with E-state index in [4.69, 9.17) is 4.42 Å². The molecule has 0 radical (unpaired) electrons. The van der Waals surface area contributed by atoms with Gasteiger partial charge in [0.1, 0.15) is 11.2 Å². The van der Waals surface area contributed by atoms with Crippen molar-refractivity contribution in [2.75, 3.05) is 4.90 Å². The van der Waals surface area contributed by atoms with Crippen LogP contribution in [0.25, 0.3) is 110 Å². The van der Waals surface area contributed by atoms with Crippen LogP contribution in [0.3, 0.4) is 0 Å². The molecule has 0 spiro atoms. The standard InChI is InChI=1S/C64H41NO/c1-2-16-47-41-63-61(39-46(47)15-1)59-28-13-27-58(64(59)66-63)57-25-9-10-29-62(57)65(51-36-32-44(33-37-51)60-40-49-17-4-6-22-54(49)55-23-7-8-24-56(55)60)50-34-30-42(31-35-50)45-19-11-20-48(38-45)53-26-12-18-43-14-3-5-21-52(43)53/h1-41H. The van der Waals surface area contributed by atoms with Gasteiger partial charge in [0.2, 0.25) is 0 Å². The highest BCUT2D eigenvalue weighted by Gasteiger charge is 2.21. The molecule has 13 aromatic rings. The Bertz CT molecular complexity index is 3990. The lowest BCUT2D eigenvalue weighted by molar-refractivity contribution is 0.670. The van der Waals surface area contributed by atoms with Crippen molar-refractivity contribution in [3.05, 3.63) is 249 Å². The van der Waals surface area contributed by atoms with Crippen LogP contribution < -0.4 is 4.90 Å². The Balaban J connectivity index is 0.955. The molecule has 0 saturated carbocycles. The molecular formula is C64H41NO. The Hall–Kier alpha value is -8.72. The molecule has 0 bridgehead atoms. The second kappa shape index (κ2) is 15.5. The molecule has 0 N–H and O–H groups in total. The van der Waals surface area contributed by atoms with Gasteiger partial charge in [0, 0.05) is 33.3 Å². The van der Waals surface area contributed by atoms with Crippen molar-refractivity contribution in [3.8, 4) is 44.5 Å². The van der Waals surface area contributed by atoms with Gasteiger partial charge in [-0.05, 0) is 131 Å². The molecule has 2 heteroatoms. The Kier molecular flexibility index (Phi) is 8.89. The van der Waals surface area contributed by atoms with Crippen molar-refractivity contribution >= 4 is 82.1 Å². The topological polar surface area (TPSA) is 16.4 Å². The molecule has 0 aliphatic heterocycles. The molecule has 0 fully saturated rings. The van der Waals surface area contributed by atoms with Crippen LogP contribution in [-0.4, -0.2) is 0 Å². The van der Waals surface area contributed by atoms with Crippen LogP contribution in [0.1, 0.15) is 0 Å². The first kappa shape index (κ1) is 37.8. The van der Waals surface area contributed by atoms with Gasteiger partial charge in [0.25, 0.3) is 0 Å². The second-order valence-electron chi connectivity index (χ2n) is 17.2. The number of furan rings is 1. The van der Waals surface area contributed by atoms with Crippen LogP contribution in [0.4, 0.5) is 17.1 Å². The average Bonchev–Trinajstić information content (AvgIpc) is 3.76. The fourth-order valence-corrected chi connectivity index (χ4v) is 10.2. The monoisotopic (exact) mass is 839 g/mol. The molecule has 1 heterocycles. The van der Waals surface area contributed by atoms with Crippen LogP contribution in [0.5, 0.6) is 0 Å². The average molecular weight is 840 g/mol. The molecule has 308 valence electrons. The van der Waals surface area contributed by atoms with Gasteiger partial charge >= 0.3 is 0 Å². The van der Waals surface area contributed by atoms with E-state index in [2.05, 4.69) is 254 Å². The predicted molar refractivity (Wildman–Crippen MR) is 280 cm³/mol. The first-order valence-corrected chi connectivity index (χ1v) is 22.7. The van der Waals surface area contributed by atoms with E-state index in [0.717, 1.165) is 55.7 Å². The molecule has 66 heavy (non-hydrogen) atoms. The summed E-state index contributed by atoms with van der Waals surface area (Å²) in [6, 6.07) is 90.2. The summed E-state index contributed by atoms with van der Waals surface area (Å²) in [5.41, 5.74) is 14.3. The maximum absolute atomic E-state index is 6.83. The third-order valence-electron chi connectivity index (χ3n) is 13.4. The lowest BCUT2D eigenvalue weighted by Gasteiger charge is -2.28. The summed E-state index contributed by atoms with van der Waals surface area (Å²) in [4.78, 5) is 2.39. The van der Waals surface area contributed by atoms with Crippen molar-refractivity contribution < 1.29 is 4.42 Å². The molecule has 0 amide bonds. The minimum Gasteiger partial charge on any atom is -0.455 e. The van der Waals surface area contributed by atoms with E-state index in [1.807, 2.05) is 0 Å². The summed E-state index contributed by atoms with van der Waals surface area (Å²) in [7, 11) is 0. The fourth-order valence-electron chi connectivity index (χ4n) is 10.2. The van der Waals surface area contributed by atoms with E-state index >= 15 is 0 Å². The molecule has 0 atom stereocenters. The highest BCUT2D eigenvalue weighted by atomic mass is 16.3. The molecule has 12 aromatic carbocycles. The Morgan fingerprint density at radius 1 is 0.258 bits per heavy atom. The maximum atomic E-state index is 6.83. The summed E-state index contributed by atoms with van der Waals surface area (Å²) in [6.45, 7) is 0. The van der Waals surface area contributed by atoms with Crippen molar-refractivity contribution in [1.82, 2.24) is 0 Å². The molecule has 2 nitrogen and oxygen atoms in total. The number of benzene rings is 12. The molecule has 13 rings (SSSR count). The van der Waals surface area contributed by atoms with Gasteiger partial charge in [0.15, 0.2) is 0 Å². The third kappa shape index (κ3) is 6.34. The zero-order valence-corrected chi connectivity index (χ0v) is 36.0. The van der Waals surface area contributed by atoms with E-state index in [-0.39, 0.29) is 0 Å². The zero-order chi connectivity index (χ0) is 43.6. The molecule has 0 aliphatic rings. The van der Waals surface area contributed by atoms with Gasteiger partial charge < -0.3 is 9.32 Å². The number of fused-ring (bicyclic) bond motifs is 8. The van der Waals surface area contributed by atoms with E-state index in [9.17, 15) is 0 Å². The summed E-state index contributed by atoms with van der Waals surface area (Å²) >= 11 is 0. The van der Waals surface area contributed by atoms with E-state index in [0.29, 0.717) is 0 Å². The smallest absolute Gasteiger partial charge is 0.143 e.